The first kappa shape index (κ1) is 22.5. The van der Waals surface area contributed by atoms with Crippen LogP contribution in [0.5, 0.6) is 5.75 Å². The molecule has 178 valence electrons. The van der Waals surface area contributed by atoms with E-state index in [2.05, 4.69) is 14.8 Å². The van der Waals surface area contributed by atoms with Gasteiger partial charge >= 0.3 is 0 Å². The number of ether oxygens (including phenoxy) is 3. The van der Waals surface area contributed by atoms with Gasteiger partial charge in [0.1, 0.15) is 11.6 Å². The van der Waals surface area contributed by atoms with Crippen LogP contribution in [-0.4, -0.2) is 88.7 Å². The Labute approximate surface area is 194 Å². The summed E-state index contributed by atoms with van der Waals surface area (Å²) in [7, 11) is -2.14. The summed E-state index contributed by atoms with van der Waals surface area (Å²) in [6.07, 6.45) is 2.55. The summed E-state index contributed by atoms with van der Waals surface area (Å²) in [5, 5.41) is 0. The molecule has 0 bridgehead atoms. The minimum atomic E-state index is -3.67. The topological polar surface area (TPSA) is 84.4 Å². The third-order valence-corrected chi connectivity index (χ3v) is 8.46. The van der Waals surface area contributed by atoms with Crippen molar-refractivity contribution < 1.29 is 22.6 Å². The number of piperazine rings is 1. The minimum Gasteiger partial charge on any atom is -0.496 e. The summed E-state index contributed by atoms with van der Waals surface area (Å²) in [6, 6.07) is 11.0. The number of pyridine rings is 1. The zero-order valence-electron chi connectivity index (χ0n) is 18.9. The quantitative estimate of drug-likeness (QED) is 0.623. The van der Waals surface area contributed by atoms with E-state index < -0.39 is 15.8 Å². The molecule has 33 heavy (non-hydrogen) atoms. The highest BCUT2D eigenvalue weighted by Gasteiger charge is 2.52. The van der Waals surface area contributed by atoms with Crippen molar-refractivity contribution >= 4 is 15.8 Å². The molecule has 0 radical (unpaired) electrons. The fourth-order valence-electron chi connectivity index (χ4n) is 4.91. The molecule has 2 saturated heterocycles. The van der Waals surface area contributed by atoms with Gasteiger partial charge in [0.2, 0.25) is 15.8 Å². The van der Waals surface area contributed by atoms with Gasteiger partial charge in [-0.1, -0.05) is 12.1 Å². The van der Waals surface area contributed by atoms with Gasteiger partial charge in [-0.05, 0) is 37.2 Å². The van der Waals surface area contributed by atoms with E-state index in [1.54, 1.807) is 18.2 Å². The van der Waals surface area contributed by atoms with Gasteiger partial charge in [-0.15, -0.1) is 0 Å². The van der Waals surface area contributed by atoms with Crippen molar-refractivity contribution in [3.8, 4) is 5.75 Å². The molecule has 1 aromatic heterocycles. The Hall–Kier alpha value is -2.24. The van der Waals surface area contributed by atoms with E-state index in [0.29, 0.717) is 31.1 Å². The van der Waals surface area contributed by atoms with E-state index in [1.165, 1.54) is 11.4 Å². The molecule has 3 aliphatic rings. The smallest absolute Gasteiger partial charge is 0.243 e. The Morgan fingerprint density at radius 1 is 1.03 bits per heavy atom. The number of nitrogens with zero attached hydrogens (tertiary/aromatic N) is 4. The third-order valence-electron chi connectivity index (χ3n) is 6.57. The third kappa shape index (κ3) is 4.22. The average molecular weight is 475 g/mol. The normalized spacial score (nSPS) is 22.4. The summed E-state index contributed by atoms with van der Waals surface area (Å²) < 4.78 is 45.8. The predicted molar refractivity (Wildman–Crippen MR) is 123 cm³/mol. The lowest BCUT2D eigenvalue weighted by atomic mass is 10.0. The minimum absolute atomic E-state index is 0.135. The summed E-state index contributed by atoms with van der Waals surface area (Å²) >= 11 is 0. The van der Waals surface area contributed by atoms with Crippen molar-refractivity contribution in [1.29, 1.82) is 0 Å². The lowest BCUT2D eigenvalue weighted by Crippen LogP contribution is -2.51. The van der Waals surface area contributed by atoms with Crippen LogP contribution in [0.4, 0.5) is 5.82 Å². The van der Waals surface area contributed by atoms with Crippen LogP contribution in [0.25, 0.3) is 0 Å². The summed E-state index contributed by atoms with van der Waals surface area (Å²) in [6.45, 7) is 5.91. The second kappa shape index (κ2) is 9.19. The first-order chi connectivity index (χ1) is 16.0. The molecule has 2 aromatic rings. The van der Waals surface area contributed by atoms with Gasteiger partial charge in [-0.3, -0.25) is 4.90 Å². The van der Waals surface area contributed by atoms with Crippen molar-refractivity contribution in [2.75, 3.05) is 71.0 Å². The lowest BCUT2D eigenvalue weighted by Gasteiger charge is -2.40. The van der Waals surface area contributed by atoms with E-state index >= 15 is 0 Å². The molecule has 0 saturated carbocycles. The molecule has 0 aliphatic carbocycles. The van der Waals surface area contributed by atoms with Gasteiger partial charge in [-0.25, -0.2) is 13.4 Å². The first-order valence-corrected chi connectivity index (χ1v) is 12.8. The van der Waals surface area contributed by atoms with Gasteiger partial charge in [-0.2, -0.15) is 4.31 Å². The molecular formula is C23H30N4O5S. The van der Waals surface area contributed by atoms with E-state index in [9.17, 15) is 8.42 Å². The lowest BCUT2D eigenvalue weighted by molar-refractivity contribution is -0.177. The zero-order valence-corrected chi connectivity index (χ0v) is 19.7. The van der Waals surface area contributed by atoms with Crippen LogP contribution in [0, 0.1) is 0 Å². The molecule has 5 rings (SSSR count). The van der Waals surface area contributed by atoms with E-state index in [0.717, 1.165) is 45.0 Å². The van der Waals surface area contributed by atoms with Crippen LogP contribution in [0.2, 0.25) is 0 Å². The van der Waals surface area contributed by atoms with Crippen LogP contribution in [-0.2, 0) is 25.3 Å². The predicted octanol–water partition coefficient (Wildman–Crippen LogP) is 1.51. The average Bonchev–Trinajstić information content (AvgIpc) is 3.32. The molecule has 2 fully saturated rings. The number of aromatic nitrogens is 1. The van der Waals surface area contributed by atoms with Crippen LogP contribution in [0.3, 0.4) is 0 Å². The second-order valence-corrected chi connectivity index (χ2v) is 10.4. The van der Waals surface area contributed by atoms with E-state index in [4.69, 9.17) is 14.2 Å². The van der Waals surface area contributed by atoms with Gasteiger partial charge < -0.3 is 19.1 Å². The van der Waals surface area contributed by atoms with Crippen LogP contribution >= 0.6 is 0 Å². The largest absolute Gasteiger partial charge is 0.496 e. The van der Waals surface area contributed by atoms with Crippen LogP contribution < -0.4 is 9.64 Å². The Bertz CT molecular complexity index is 1070. The molecule has 0 unspecified atom stereocenters. The van der Waals surface area contributed by atoms with Crippen molar-refractivity contribution in [2.45, 2.75) is 17.1 Å². The van der Waals surface area contributed by atoms with Crippen molar-refractivity contribution in [1.82, 2.24) is 14.2 Å². The molecule has 4 heterocycles. The van der Waals surface area contributed by atoms with Crippen molar-refractivity contribution in [2.24, 2.45) is 0 Å². The number of hydrogen-bond donors (Lipinski definition) is 0. The van der Waals surface area contributed by atoms with Gasteiger partial charge in [0.05, 0.1) is 37.3 Å². The van der Waals surface area contributed by atoms with Gasteiger partial charge in [0, 0.05) is 38.9 Å². The molecule has 10 heteroatoms. The number of anilines is 1. The van der Waals surface area contributed by atoms with E-state index in [1.807, 2.05) is 24.4 Å². The van der Waals surface area contributed by atoms with Crippen LogP contribution in [0.1, 0.15) is 12.0 Å². The fourth-order valence-corrected chi connectivity index (χ4v) is 6.66. The number of methoxy groups -OCH3 is 1. The Kier molecular flexibility index (Phi) is 6.28. The van der Waals surface area contributed by atoms with Crippen molar-refractivity contribution in [3.05, 3.63) is 48.2 Å². The molecule has 3 aliphatic heterocycles. The molecule has 0 amide bonds. The van der Waals surface area contributed by atoms with Crippen molar-refractivity contribution in [3.63, 3.8) is 0 Å². The van der Waals surface area contributed by atoms with Crippen LogP contribution in [0.15, 0.2) is 47.5 Å². The molecule has 9 nitrogen and oxygen atoms in total. The molecule has 1 spiro atoms. The molecular weight excluding hydrogens is 444 g/mol. The SMILES string of the molecule is COc1cccc2c1C1(CN(CCCN3CCN(c4ccccn4)CC3)S2(=O)=O)OCCO1. The highest BCUT2D eigenvalue weighted by molar-refractivity contribution is 7.89. The maximum atomic E-state index is 13.4. The summed E-state index contributed by atoms with van der Waals surface area (Å²) in [5.41, 5.74) is 0.479. The number of sulfonamides is 1. The monoisotopic (exact) mass is 474 g/mol. The number of benzene rings is 1. The standard InChI is InChI=1S/C23H30N4O5S/c1-30-19-6-4-7-20-22(19)23(31-16-17-32-23)18-27(33(20,28)29)11-5-10-25-12-14-26(15-13-25)21-8-2-3-9-24-21/h2-4,6-9H,5,10-18H2,1H3. The van der Waals surface area contributed by atoms with Gasteiger partial charge in [0.25, 0.3) is 0 Å². The first-order valence-electron chi connectivity index (χ1n) is 11.4. The number of hydrogen-bond acceptors (Lipinski definition) is 8. The molecule has 0 N–H and O–H groups in total. The number of fused-ring (bicyclic) bond motifs is 2. The zero-order chi connectivity index (χ0) is 22.9. The highest BCUT2D eigenvalue weighted by atomic mass is 32.2. The van der Waals surface area contributed by atoms with Gasteiger partial charge in [0.15, 0.2) is 0 Å². The van der Waals surface area contributed by atoms with E-state index in [-0.39, 0.29) is 11.4 Å². The second-order valence-electron chi connectivity index (χ2n) is 8.49. The number of rotatable bonds is 6. The highest BCUT2D eigenvalue weighted by Crippen LogP contribution is 2.46. The fraction of sp³-hybridized carbons (Fsp3) is 0.522. The summed E-state index contributed by atoms with van der Waals surface area (Å²) in [5.74, 6) is 0.373. The summed E-state index contributed by atoms with van der Waals surface area (Å²) in [4.78, 5) is 9.31. The Balaban J connectivity index is 1.24. The Morgan fingerprint density at radius 3 is 2.52 bits per heavy atom. The Morgan fingerprint density at radius 2 is 1.82 bits per heavy atom. The molecule has 1 aromatic carbocycles. The maximum Gasteiger partial charge on any atom is 0.243 e. The maximum absolute atomic E-state index is 13.4. The molecule has 0 atom stereocenters.